The van der Waals surface area contributed by atoms with Gasteiger partial charge in [0.25, 0.3) is 0 Å². The number of aryl methyl sites for hydroxylation is 1. The van der Waals surface area contributed by atoms with Gasteiger partial charge in [-0.25, -0.2) is 0 Å². The van der Waals surface area contributed by atoms with Crippen LogP contribution in [0.3, 0.4) is 0 Å². The van der Waals surface area contributed by atoms with Crippen molar-refractivity contribution in [3.8, 4) is 0 Å². The first-order chi connectivity index (χ1) is 7.36. The minimum atomic E-state index is 0.302. The van der Waals surface area contributed by atoms with Crippen LogP contribution < -0.4 is 4.90 Å². The molecule has 0 saturated heterocycles. The van der Waals surface area contributed by atoms with Gasteiger partial charge in [0.1, 0.15) is 0 Å². The van der Waals surface area contributed by atoms with Crippen molar-refractivity contribution in [2.45, 2.75) is 25.7 Å². The van der Waals surface area contributed by atoms with E-state index >= 15 is 0 Å². The van der Waals surface area contributed by atoms with Gasteiger partial charge in [0.2, 0.25) is 5.91 Å². The molecule has 0 N–H and O–H groups in total. The van der Waals surface area contributed by atoms with Gasteiger partial charge in [0.05, 0.1) is 11.4 Å². The molecule has 78 valence electrons. The number of carbonyl (C=O) groups excluding carboxylic acids is 1. The van der Waals surface area contributed by atoms with E-state index in [2.05, 4.69) is 4.98 Å². The summed E-state index contributed by atoms with van der Waals surface area (Å²) in [7, 11) is 0. The van der Waals surface area contributed by atoms with Gasteiger partial charge in [-0.1, -0.05) is 0 Å². The minimum absolute atomic E-state index is 0.302. The molecule has 0 unspecified atom stereocenters. The number of rotatable bonds is 1. The van der Waals surface area contributed by atoms with Crippen LogP contribution in [0, 0.1) is 5.92 Å². The number of pyridine rings is 1. The normalized spacial score (nSPS) is 19.9. The van der Waals surface area contributed by atoms with Crippen LogP contribution in [0.15, 0.2) is 18.3 Å². The van der Waals surface area contributed by atoms with E-state index in [1.807, 2.05) is 23.2 Å². The monoisotopic (exact) mass is 202 g/mol. The van der Waals surface area contributed by atoms with Crippen molar-refractivity contribution >= 4 is 11.6 Å². The zero-order chi connectivity index (χ0) is 10.3. The molecular weight excluding hydrogens is 188 g/mol. The van der Waals surface area contributed by atoms with Gasteiger partial charge in [0, 0.05) is 18.7 Å². The Bertz CT molecular complexity index is 398. The van der Waals surface area contributed by atoms with Gasteiger partial charge in [-0.2, -0.15) is 0 Å². The second-order valence-electron chi connectivity index (χ2n) is 4.34. The van der Waals surface area contributed by atoms with Gasteiger partial charge in [-0.3, -0.25) is 9.78 Å². The van der Waals surface area contributed by atoms with Crippen molar-refractivity contribution < 1.29 is 4.79 Å². The minimum Gasteiger partial charge on any atom is -0.310 e. The number of anilines is 1. The van der Waals surface area contributed by atoms with E-state index in [1.165, 1.54) is 0 Å². The fraction of sp³-hybridized carbons (Fsp3) is 0.500. The lowest BCUT2D eigenvalue weighted by Crippen LogP contribution is -2.36. The van der Waals surface area contributed by atoms with E-state index in [0.29, 0.717) is 11.8 Å². The average molecular weight is 202 g/mol. The second-order valence-corrected chi connectivity index (χ2v) is 4.34. The Morgan fingerprint density at radius 1 is 1.47 bits per heavy atom. The summed E-state index contributed by atoms with van der Waals surface area (Å²) in [5.41, 5.74) is 2.12. The van der Waals surface area contributed by atoms with Crippen LogP contribution in [0.5, 0.6) is 0 Å². The molecule has 2 heterocycles. The van der Waals surface area contributed by atoms with Gasteiger partial charge in [-0.15, -0.1) is 0 Å². The standard InChI is InChI=1S/C12H14N2O/c15-12(9-5-6-9)14-8-2-3-10-11(14)4-1-7-13-10/h1,4,7,9H,2-3,5-6,8H2. The van der Waals surface area contributed by atoms with Gasteiger partial charge >= 0.3 is 0 Å². The molecule has 1 aromatic heterocycles. The highest BCUT2D eigenvalue weighted by atomic mass is 16.2. The van der Waals surface area contributed by atoms with Crippen molar-refractivity contribution in [1.29, 1.82) is 0 Å². The van der Waals surface area contributed by atoms with E-state index in [-0.39, 0.29) is 0 Å². The smallest absolute Gasteiger partial charge is 0.230 e. The first-order valence-electron chi connectivity index (χ1n) is 5.61. The Morgan fingerprint density at radius 3 is 3.13 bits per heavy atom. The summed E-state index contributed by atoms with van der Waals surface area (Å²) in [5.74, 6) is 0.611. The van der Waals surface area contributed by atoms with Gasteiger partial charge < -0.3 is 4.90 Å². The third-order valence-corrected chi connectivity index (χ3v) is 3.14. The van der Waals surface area contributed by atoms with Crippen LogP contribution in [0.1, 0.15) is 25.0 Å². The van der Waals surface area contributed by atoms with Gasteiger partial charge in [0.15, 0.2) is 0 Å². The molecule has 0 radical (unpaired) electrons. The number of aromatic nitrogens is 1. The van der Waals surface area contributed by atoms with Crippen molar-refractivity contribution in [3.05, 3.63) is 24.0 Å². The van der Waals surface area contributed by atoms with E-state index in [9.17, 15) is 4.79 Å². The Labute approximate surface area is 89.1 Å². The van der Waals surface area contributed by atoms with Crippen LogP contribution >= 0.6 is 0 Å². The molecule has 1 aliphatic heterocycles. The van der Waals surface area contributed by atoms with Gasteiger partial charge in [-0.05, 0) is 37.8 Å². The summed E-state index contributed by atoms with van der Waals surface area (Å²) in [4.78, 5) is 18.3. The largest absolute Gasteiger partial charge is 0.310 e. The quantitative estimate of drug-likeness (QED) is 0.695. The van der Waals surface area contributed by atoms with Crippen molar-refractivity contribution in [2.75, 3.05) is 11.4 Å². The summed E-state index contributed by atoms with van der Waals surface area (Å²) >= 11 is 0. The first kappa shape index (κ1) is 8.89. The predicted octanol–water partition coefficient (Wildman–Crippen LogP) is 1.77. The maximum atomic E-state index is 12.0. The molecule has 0 aromatic carbocycles. The molecule has 1 saturated carbocycles. The third-order valence-electron chi connectivity index (χ3n) is 3.14. The summed E-state index contributed by atoms with van der Waals surface area (Å²) in [6.07, 6.45) is 6.01. The maximum absolute atomic E-state index is 12.0. The summed E-state index contributed by atoms with van der Waals surface area (Å²) in [5, 5.41) is 0. The first-order valence-corrected chi connectivity index (χ1v) is 5.61. The molecule has 0 atom stereocenters. The number of hydrogen-bond donors (Lipinski definition) is 0. The molecule has 0 bridgehead atoms. The summed E-state index contributed by atoms with van der Waals surface area (Å²) in [6.45, 7) is 0.869. The van der Waals surface area contributed by atoms with Crippen molar-refractivity contribution in [1.82, 2.24) is 4.98 Å². The molecule has 1 fully saturated rings. The molecule has 1 aromatic rings. The molecule has 15 heavy (non-hydrogen) atoms. The van der Waals surface area contributed by atoms with E-state index in [4.69, 9.17) is 0 Å². The van der Waals surface area contributed by atoms with Crippen LogP contribution in [-0.2, 0) is 11.2 Å². The third kappa shape index (κ3) is 1.52. The van der Waals surface area contributed by atoms with E-state index in [1.54, 1.807) is 0 Å². The number of carbonyl (C=O) groups is 1. The van der Waals surface area contributed by atoms with Crippen LogP contribution in [0.2, 0.25) is 0 Å². The fourth-order valence-electron chi connectivity index (χ4n) is 2.17. The lowest BCUT2D eigenvalue weighted by Gasteiger charge is -2.28. The van der Waals surface area contributed by atoms with Crippen LogP contribution in [0.25, 0.3) is 0 Å². The Hall–Kier alpha value is -1.38. The molecule has 3 nitrogen and oxygen atoms in total. The molecule has 1 amide bonds. The Kier molecular flexibility index (Phi) is 1.97. The summed E-state index contributed by atoms with van der Waals surface area (Å²) in [6, 6.07) is 3.93. The predicted molar refractivity (Wildman–Crippen MR) is 57.6 cm³/mol. The molecule has 1 aliphatic carbocycles. The lowest BCUT2D eigenvalue weighted by atomic mass is 10.1. The number of nitrogens with zero attached hydrogens (tertiary/aromatic N) is 2. The molecule has 3 heteroatoms. The zero-order valence-corrected chi connectivity index (χ0v) is 8.65. The molecule has 3 rings (SSSR count). The Balaban J connectivity index is 1.94. The second kappa shape index (κ2) is 3.33. The number of amides is 1. The zero-order valence-electron chi connectivity index (χ0n) is 8.65. The lowest BCUT2D eigenvalue weighted by molar-refractivity contribution is -0.119. The SMILES string of the molecule is O=C(C1CC1)N1CCCc2ncccc21. The molecule has 2 aliphatic rings. The fourth-order valence-corrected chi connectivity index (χ4v) is 2.17. The highest BCUT2D eigenvalue weighted by molar-refractivity contribution is 5.97. The number of fused-ring (bicyclic) bond motifs is 1. The number of hydrogen-bond acceptors (Lipinski definition) is 2. The highest BCUT2D eigenvalue weighted by Crippen LogP contribution is 2.35. The van der Waals surface area contributed by atoms with Crippen LogP contribution in [0.4, 0.5) is 5.69 Å². The van der Waals surface area contributed by atoms with Crippen molar-refractivity contribution in [3.63, 3.8) is 0 Å². The molecule has 0 spiro atoms. The Morgan fingerprint density at radius 2 is 2.33 bits per heavy atom. The summed E-state index contributed by atoms with van der Waals surface area (Å²) < 4.78 is 0. The average Bonchev–Trinajstić information content (AvgIpc) is 3.11. The molecular formula is C12H14N2O. The topological polar surface area (TPSA) is 33.2 Å². The van der Waals surface area contributed by atoms with E-state index in [0.717, 1.165) is 43.6 Å². The highest BCUT2D eigenvalue weighted by Gasteiger charge is 2.35. The van der Waals surface area contributed by atoms with E-state index < -0.39 is 0 Å². The van der Waals surface area contributed by atoms with Crippen molar-refractivity contribution in [2.24, 2.45) is 5.92 Å². The maximum Gasteiger partial charge on any atom is 0.230 e. The van der Waals surface area contributed by atoms with Crippen LogP contribution in [-0.4, -0.2) is 17.4 Å².